The zero-order valence-corrected chi connectivity index (χ0v) is 14.0. The van der Waals surface area contributed by atoms with Crippen LogP contribution in [0.2, 0.25) is 0 Å². The fourth-order valence-corrected chi connectivity index (χ4v) is 3.40. The molecule has 0 unspecified atom stereocenters. The van der Waals surface area contributed by atoms with Crippen molar-refractivity contribution in [2.24, 2.45) is 0 Å². The van der Waals surface area contributed by atoms with Gasteiger partial charge in [-0.25, -0.2) is 9.97 Å². The zero-order chi connectivity index (χ0) is 15.4. The average molecular weight is 332 g/mol. The van der Waals surface area contributed by atoms with E-state index in [1.165, 1.54) is 11.1 Å². The van der Waals surface area contributed by atoms with Gasteiger partial charge in [0.25, 0.3) is 0 Å². The molecule has 2 heterocycles. The second-order valence-electron chi connectivity index (χ2n) is 4.80. The summed E-state index contributed by atoms with van der Waals surface area (Å²) in [4.78, 5) is 8.57. The summed E-state index contributed by atoms with van der Waals surface area (Å²) in [6.07, 6.45) is 0. The van der Waals surface area contributed by atoms with E-state index in [1.54, 1.807) is 23.5 Å². The van der Waals surface area contributed by atoms with Crippen LogP contribution in [0.1, 0.15) is 22.8 Å². The number of H-pyrrole nitrogens is 2. The molecule has 0 saturated heterocycles. The molecule has 3 rings (SSSR count). The van der Waals surface area contributed by atoms with Crippen molar-refractivity contribution in [2.45, 2.75) is 35.7 Å². The van der Waals surface area contributed by atoms with Gasteiger partial charge >= 0.3 is 0 Å². The van der Waals surface area contributed by atoms with Gasteiger partial charge in [-0.05, 0) is 25.0 Å². The molecule has 0 aliphatic heterocycles. The standard InChI is InChI=1S/C14H16N6S2/c1-9-15-13(19-17-9)21-7-11-3-5-12(6-4-11)8-22-14-16-10(2)18-20-14/h3-6H,7-8H2,1-2H3,(H,15,17,19)(H,16,18,20). The molecule has 0 aliphatic carbocycles. The lowest BCUT2D eigenvalue weighted by molar-refractivity contribution is 0.968. The highest BCUT2D eigenvalue weighted by Crippen LogP contribution is 2.22. The lowest BCUT2D eigenvalue weighted by Crippen LogP contribution is -1.86. The van der Waals surface area contributed by atoms with Crippen LogP contribution >= 0.6 is 23.5 Å². The highest BCUT2D eigenvalue weighted by Gasteiger charge is 2.04. The molecular weight excluding hydrogens is 316 g/mol. The monoisotopic (exact) mass is 332 g/mol. The quantitative estimate of drug-likeness (QED) is 0.675. The van der Waals surface area contributed by atoms with Gasteiger partial charge in [0.05, 0.1) is 0 Å². The Morgan fingerprint density at radius 2 is 1.18 bits per heavy atom. The topological polar surface area (TPSA) is 83.1 Å². The normalized spacial score (nSPS) is 11.0. The Bertz CT molecular complexity index is 671. The van der Waals surface area contributed by atoms with E-state index >= 15 is 0 Å². The maximum absolute atomic E-state index is 4.28. The van der Waals surface area contributed by atoms with Gasteiger partial charge in [-0.1, -0.05) is 47.8 Å². The first kappa shape index (κ1) is 15.1. The molecule has 0 bridgehead atoms. The fourth-order valence-electron chi connectivity index (χ4n) is 1.80. The van der Waals surface area contributed by atoms with Gasteiger partial charge < -0.3 is 0 Å². The van der Waals surface area contributed by atoms with E-state index in [2.05, 4.69) is 54.6 Å². The van der Waals surface area contributed by atoms with E-state index < -0.39 is 0 Å². The van der Waals surface area contributed by atoms with Crippen LogP contribution in [0.5, 0.6) is 0 Å². The predicted octanol–water partition coefficient (Wildman–Crippen LogP) is 3.12. The van der Waals surface area contributed by atoms with Crippen molar-refractivity contribution in [1.29, 1.82) is 0 Å². The molecule has 0 fully saturated rings. The summed E-state index contributed by atoms with van der Waals surface area (Å²) in [5.41, 5.74) is 2.52. The highest BCUT2D eigenvalue weighted by atomic mass is 32.2. The van der Waals surface area contributed by atoms with Gasteiger partial charge in [0, 0.05) is 11.5 Å². The Morgan fingerprint density at radius 3 is 1.50 bits per heavy atom. The summed E-state index contributed by atoms with van der Waals surface area (Å²) in [5.74, 6) is 3.42. The van der Waals surface area contributed by atoms with Crippen molar-refractivity contribution in [3.8, 4) is 0 Å². The van der Waals surface area contributed by atoms with Gasteiger partial charge in [0.1, 0.15) is 11.6 Å². The van der Waals surface area contributed by atoms with Gasteiger partial charge in [-0.2, -0.15) is 0 Å². The summed E-state index contributed by atoms with van der Waals surface area (Å²) in [6.45, 7) is 3.80. The maximum atomic E-state index is 4.28. The number of hydrogen-bond acceptors (Lipinski definition) is 6. The molecule has 114 valence electrons. The van der Waals surface area contributed by atoms with E-state index in [4.69, 9.17) is 0 Å². The van der Waals surface area contributed by atoms with Gasteiger partial charge in [-0.3, -0.25) is 10.2 Å². The Labute approximate surface area is 136 Å². The van der Waals surface area contributed by atoms with Crippen molar-refractivity contribution >= 4 is 23.5 Å². The van der Waals surface area contributed by atoms with Crippen molar-refractivity contribution in [3.63, 3.8) is 0 Å². The smallest absolute Gasteiger partial charge is 0.208 e. The van der Waals surface area contributed by atoms with Crippen LogP contribution in [-0.4, -0.2) is 30.4 Å². The molecule has 0 radical (unpaired) electrons. The Hall–Kier alpha value is -1.80. The van der Waals surface area contributed by atoms with E-state index in [0.29, 0.717) is 0 Å². The molecule has 0 saturated carbocycles. The number of benzene rings is 1. The van der Waals surface area contributed by atoms with E-state index in [1.807, 2.05) is 13.8 Å². The van der Waals surface area contributed by atoms with E-state index in [0.717, 1.165) is 33.5 Å². The largest absolute Gasteiger partial charge is 0.262 e. The molecule has 2 N–H and O–H groups in total. The zero-order valence-electron chi connectivity index (χ0n) is 12.3. The van der Waals surface area contributed by atoms with Crippen LogP contribution in [0.3, 0.4) is 0 Å². The summed E-state index contributed by atoms with van der Waals surface area (Å²) in [6, 6.07) is 8.58. The van der Waals surface area contributed by atoms with Crippen LogP contribution in [0.4, 0.5) is 0 Å². The van der Waals surface area contributed by atoms with Crippen LogP contribution in [-0.2, 0) is 11.5 Å². The van der Waals surface area contributed by atoms with Crippen molar-refractivity contribution in [2.75, 3.05) is 0 Å². The molecule has 3 aromatic rings. The van der Waals surface area contributed by atoms with E-state index in [-0.39, 0.29) is 0 Å². The maximum Gasteiger partial charge on any atom is 0.208 e. The number of aryl methyl sites for hydroxylation is 2. The summed E-state index contributed by atoms with van der Waals surface area (Å²) < 4.78 is 0. The third-order valence-corrected chi connectivity index (χ3v) is 4.75. The summed E-state index contributed by atoms with van der Waals surface area (Å²) >= 11 is 3.26. The number of aromatic amines is 2. The van der Waals surface area contributed by atoms with E-state index in [9.17, 15) is 0 Å². The predicted molar refractivity (Wildman–Crippen MR) is 87.8 cm³/mol. The van der Waals surface area contributed by atoms with Crippen molar-refractivity contribution in [1.82, 2.24) is 30.4 Å². The summed E-state index contributed by atoms with van der Waals surface area (Å²) in [5, 5.41) is 15.5. The average Bonchev–Trinajstić information content (AvgIpc) is 3.12. The second-order valence-corrected chi connectivity index (χ2v) is 6.69. The van der Waals surface area contributed by atoms with Crippen LogP contribution in [0.25, 0.3) is 0 Å². The fraction of sp³-hybridized carbons (Fsp3) is 0.286. The number of aromatic nitrogens is 6. The Morgan fingerprint density at radius 1 is 0.773 bits per heavy atom. The molecule has 6 nitrogen and oxygen atoms in total. The van der Waals surface area contributed by atoms with Gasteiger partial charge in [0.15, 0.2) is 0 Å². The lowest BCUT2D eigenvalue weighted by atomic mass is 10.2. The Balaban J connectivity index is 1.51. The number of rotatable bonds is 6. The number of thioether (sulfide) groups is 2. The third kappa shape index (κ3) is 4.11. The molecular formula is C14H16N6S2. The van der Waals surface area contributed by atoms with Crippen molar-refractivity contribution in [3.05, 3.63) is 47.0 Å². The molecule has 0 spiro atoms. The molecule has 2 aromatic heterocycles. The molecule has 0 atom stereocenters. The van der Waals surface area contributed by atoms with Crippen LogP contribution < -0.4 is 0 Å². The van der Waals surface area contributed by atoms with Gasteiger partial charge in [-0.15, -0.1) is 10.2 Å². The summed E-state index contributed by atoms with van der Waals surface area (Å²) in [7, 11) is 0. The molecule has 1 aromatic carbocycles. The third-order valence-electron chi connectivity index (χ3n) is 2.91. The van der Waals surface area contributed by atoms with Crippen LogP contribution in [0, 0.1) is 13.8 Å². The van der Waals surface area contributed by atoms with Gasteiger partial charge in [0.2, 0.25) is 10.3 Å². The number of nitrogens with one attached hydrogen (secondary N) is 2. The molecule has 8 heteroatoms. The highest BCUT2D eigenvalue weighted by molar-refractivity contribution is 7.98. The SMILES string of the molecule is Cc1nc(SCc2ccc(CSc3n[nH]c(C)n3)cc2)n[nH]1. The van der Waals surface area contributed by atoms with Crippen LogP contribution in [0.15, 0.2) is 34.6 Å². The molecule has 22 heavy (non-hydrogen) atoms. The molecule has 0 amide bonds. The number of nitrogens with zero attached hydrogens (tertiary/aromatic N) is 4. The molecule has 0 aliphatic rings. The first-order valence-corrected chi connectivity index (χ1v) is 8.77. The van der Waals surface area contributed by atoms with Crippen molar-refractivity contribution < 1.29 is 0 Å². The first-order valence-electron chi connectivity index (χ1n) is 6.80. The number of hydrogen-bond donors (Lipinski definition) is 2. The minimum Gasteiger partial charge on any atom is -0.262 e. The lowest BCUT2D eigenvalue weighted by Gasteiger charge is -2.02. The minimum atomic E-state index is 0.789. The minimum absolute atomic E-state index is 0.789. The Kier molecular flexibility index (Phi) is 4.79. The first-order chi connectivity index (χ1) is 10.7. The second kappa shape index (κ2) is 6.97.